The van der Waals surface area contributed by atoms with Gasteiger partial charge in [-0.25, -0.2) is 0 Å². The van der Waals surface area contributed by atoms with Crippen LogP contribution in [0.5, 0.6) is 0 Å². The van der Waals surface area contributed by atoms with Gasteiger partial charge >= 0.3 is 11.9 Å². The van der Waals surface area contributed by atoms with Crippen LogP contribution in [-0.4, -0.2) is 33.2 Å². The van der Waals surface area contributed by atoms with Crippen LogP contribution in [0.4, 0.5) is 0 Å². The molecule has 0 amide bonds. The third-order valence-corrected chi connectivity index (χ3v) is 7.55. The summed E-state index contributed by atoms with van der Waals surface area (Å²) in [5.74, 6) is -0.697. The van der Waals surface area contributed by atoms with Crippen LogP contribution in [0, 0.1) is 11.3 Å². The third kappa shape index (κ3) is 3.24. The van der Waals surface area contributed by atoms with Crippen LogP contribution in [0.25, 0.3) is 0 Å². The van der Waals surface area contributed by atoms with Crippen LogP contribution in [0.3, 0.4) is 0 Å². The van der Waals surface area contributed by atoms with E-state index in [9.17, 15) is 9.59 Å². The van der Waals surface area contributed by atoms with Gasteiger partial charge in [-0.05, 0) is 25.8 Å². The average molecular weight is 300 g/mol. The van der Waals surface area contributed by atoms with Gasteiger partial charge in [0.05, 0.1) is 13.2 Å². The predicted molar refractivity (Wildman–Crippen MR) is 81.2 cm³/mol. The van der Waals surface area contributed by atoms with Gasteiger partial charge in [0.25, 0.3) is 0 Å². The van der Waals surface area contributed by atoms with Crippen molar-refractivity contribution >= 4 is 20.0 Å². The lowest BCUT2D eigenvalue weighted by atomic mass is 9.73. The highest BCUT2D eigenvalue weighted by Gasteiger charge is 2.58. The molecule has 1 rings (SSSR count). The fourth-order valence-corrected chi connectivity index (χ4v) is 6.83. The largest absolute Gasteiger partial charge is 0.465 e. The number of hydrogen-bond acceptors (Lipinski definition) is 4. The smallest absolute Gasteiger partial charge is 0.323 e. The van der Waals surface area contributed by atoms with Crippen molar-refractivity contribution in [2.75, 3.05) is 13.2 Å². The molecule has 0 aromatic rings. The fraction of sp³-hybridized carbons (Fsp3) is 0.867. The van der Waals surface area contributed by atoms with E-state index in [1.807, 2.05) is 6.92 Å². The SMILES string of the molecule is CCOC(=O)C1(C(=O)OCC)C[Si](C)(C)CC[C@H]1CC. The first-order valence-electron chi connectivity index (χ1n) is 7.68. The molecule has 0 N–H and O–H groups in total. The quantitative estimate of drug-likeness (QED) is 0.444. The fourth-order valence-electron chi connectivity index (χ4n) is 3.43. The molecule has 1 fully saturated rings. The highest BCUT2D eigenvalue weighted by molar-refractivity contribution is 6.78. The topological polar surface area (TPSA) is 52.6 Å². The van der Waals surface area contributed by atoms with E-state index in [4.69, 9.17) is 9.47 Å². The number of carbonyl (C=O) groups is 2. The molecule has 1 aliphatic rings. The van der Waals surface area contributed by atoms with Gasteiger partial charge in [0, 0.05) is 8.07 Å². The number of ether oxygens (including phenoxy) is 2. The van der Waals surface area contributed by atoms with Crippen molar-refractivity contribution in [1.82, 2.24) is 0 Å². The summed E-state index contributed by atoms with van der Waals surface area (Å²) in [6, 6.07) is 1.81. The first-order valence-corrected chi connectivity index (χ1v) is 11.1. The molecule has 5 heteroatoms. The summed E-state index contributed by atoms with van der Waals surface area (Å²) in [5, 5.41) is 0. The summed E-state index contributed by atoms with van der Waals surface area (Å²) in [5.41, 5.74) is -1.06. The standard InChI is InChI=1S/C15H28O4Si/c1-6-12-9-10-20(4,5)11-15(12,13(16)18-7-2)14(17)19-8-3/h12H,6-11H2,1-5H3/t12-/m1/s1. The predicted octanol–water partition coefficient (Wildman–Crippen LogP) is 3.24. The van der Waals surface area contributed by atoms with E-state index >= 15 is 0 Å². The lowest BCUT2D eigenvalue weighted by Crippen LogP contribution is -2.55. The van der Waals surface area contributed by atoms with Crippen molar-refractivity contribution in [1.29, 1.82) is 0 Å². The monoisotopic (exact) mass is 300 g/mol. The molecule has 1 saturated heterocycles. The average Bonchev–Trinajstić information content (AvgIpc) is 2.38. The van der Waals surface area contributed by atoms with Crippen LogP contribution >= 0.6 is 0 Å². The molecule has 0 saturated carbocycles. The van der Waals surface area contributed by atoms with E-state index in [0.29, 0.717) is 19.3 Å². The Kier molecular flexibility index (Phi) is 5.80. The second kappa shape index (κ2) is 6.74. The molecular formula is C15H28O4Si. The molecule has 0 bridgehead atoms. The molecule has 1 atom stereocenters. The van der Waals surface area contributed by atoms with Crippen LogP contribution < -0.4 is 0 Å². The summed E-state index contributed by atoms with van der Waals surface area (Å²) < 4.78 is 10.5. The lowest BCUT2D eigenvalue weighted by molar-refractivity contribution is -0.176. The minimum Gasteiger partial charge on any atom is -0.465 e. The van der Waals surface area contributed by atoms with Gasteiger partial charge < -0.3 is 9.47 Å². The van der Waals surface area contributed by atoms with Crippen molar-refractivity contribution in [3.63, 3.8) is 0 Å². The van der Waals surface area contributed by atoms with Gasteiger partial charge in [0.1, 0.15) is 0 Å². The third-order valence-electron chi connectivity index (χ3n) is 4.40. The Hall–Kier alpha value is -0.843. The zero-order valence-corrected chi connectivity index (χ0v) is 14.5. The Bertz CT molecular complexity index is 347. The lowest BCUT2D eigenvalue weighted by Gasteiger charge is -2.45. The molecule has 0 aromatic carbocycles. The van der Waals surface area contributed by atoms with E-state index < -0.39 is 13.5 Å². The second-order valence-corrected chi connectivity index (χ2v) is 11.6. The molecule has 20 heavy (non-hydrogen) atoms. The maximum absolute atomic E-state index is 12.6. The summed E-state index contributed by atoms with van der Waals surface area (Å²) in [7, 11) is -1.57. The van der Waals surface area contributed by atoms with Crippen LogP contribution in [0.15, 0.2) is 0 Å². The molecule has 4 nitrogen and oxygen atoms in total. The van der Waals surface area contributed by atoms with Crippen molar-refractivity contribution in [2.45, 2.75) is 58.8 Å². The molecule has 0 radical (unpaired) electrons. The maximum Gasteiger partial charge on any atom is 0.323 e. The van der Waals surface area contributed by atoms with Gasteiger partial charge in [-0.2, -0.15) is 0 Å². The van der Waals surface area contributed by atoms with Crippen molar-refractivity contribution < 1.29 is 19.1 Å². The zero-order valence-electron chi connectivity index (χ0n) is 13.5. The number of esters is 2. The van der Waals surface area contributed by atoms with Crippen molar-refractivity contribution in [2.24, 2.45) is 11.3 Å². The minimum atomic E-state index is -1.57. The van der Waals surface area contributed by atoms with Gasteiger partial charge in [0.2, 0.25) is 0 Å². The number of hydrogen-bond donors (Lipinski definition) is 0. The van der Waals surface area contributed by atoms with Crippen LogP contribution in [0.1, 0.15) is 33.6 Å². The van der Waals surface area contributed by atoms with E-state index in [-0.39, 0.29) is 17.9 Å². The van der Waals surface area contributed by atoms with Crippen molar-refractivity contribution in [3.8, 4) is 0 Å². The highest BCUT2D eigenvalue weighted by atomic mass is 28.3. The van der Waals surface area contributed by atoms with E-state index in [1.165, 1.54) is 0 Å². The van der Waals surface area contributed by atoms with Gasteiger partial charge in [-0.15, -0.1) is 0 Å². The van der Waals surface area contributed by atoms with Gasteiger partial charge in [0.15, 0.2) is 5.41 Å². The minimum absolute atomic E-state index is 0.0427. The number of carbonyl (C=O) groups excluding carboxylic acids is 2. The molecule has 1 aliphatic heterocycles. The number of rotatable bonds is 5. The molecule has 1 heterocycles. The Labute approximate surface area is 123 Å². The Morgan fingerprint density at radius 3 is 2.00 bits per heavy atom. The highest BCUT2D eigenvalue weighted by Crippen LogP contribution is 2.49. The van der Waals surface area contributed by atoms with E-state index in [1.54, 1.807) is 13.8 Å². The van der Waals surface area contributed by atoms with Crippen molar-refractivity contribution in [3.05, 3.63) is 0 Å². The summed E-state index contributed by atoms with van der Waals surface area (Å²) >= 11 is 0. The Morgan fingerprint density at radius 1 is 1.10 bits per heavy atom. The summed E-state index contributed by atoms with van der Waals surface area (Å²) in [4.78, 5) is 25.2. The molecule has 0 unspecified atom stereocenters. The first-order chi connectivity index (χ1) is 9.34. The van der Waals surface area contributed by atoms with Gasteiger partial charge in [-0.1, -0.05) is 38.9 Å². The maximum atomic E-state index is 12.6. The second-order valence-electron chi connectivity index (χ2n) is 6.40. The normalized spacial score (nSPS) is 23.9. The summed E-state index contributed by atoms with van der Waals surface area (Å²) in [6.07, 6.45) is 1.73. The molecule has 0 spiro atoms. The van der Waals surface area contributed by atoms with Gasteiger partial charge in [-0.3, -0.25) is 9.59 Å². The molecule has 0 aliphatic carbocycles. The van der Waals surface area contributed by atoms with Crippen LogP contribution in [-0.2, 0) is 19.1 Å². The first kappa shape index (κ1) is 17.2. The molecular weight excluding hydrogens is 272 g/mol. The Morgan fingerprint density at radius 2 is 1.60 bits per heavy atom. The van der Waals surface area contributed by atoms with E-state index in [2.05, 4.69) is 13.1 Å². The van der Waals surface area contributed by atoms with E-state index in [0.717, 1.165) is 18.9 Å². The summed E-state index contributed by atoms with van der Waals surface area (Å²) in [6.45, 7) is 10.7. The zero-order chi connectivity index (χ0) is 15.4. The molecule has 0 aromatic heterocycles. The Balaban J connectivity index is 3.22. The molecule has 116 valence electrons. The van der Waals surface area contributed by atoms with Crippen LogP contribution in [0.2, 0.25) is 25.2 Å².